The van der Waals surface area contributed by atoms with Gasteiger partial charge in [-0.3, -0.25) is 9.58 Å². The first-order valence-corrected chi connectivity index (χ1v) is 11.9. The third-order valence-corrected chi connectivity index (χ3v) is 6.40. The molecule has 2 heterocycles. The minimum Gasteiger partial charge on any atom is -0.492 e. The number of aryl methyl sites for hydroxylation is 1. The molecule has 0 aliphatic carbocycles. The number of likely N-dealkylation sites (tertiary alicyclic amines) is 1. The van der Waals surface area contributed by atoms with E-state index in [4.69, 9.17) is 32.7 Å². The molecule has 0 radical (unpaired) electrons. The monoisotopic (exact) mass is 489 g/mol. The number of piperidine rings is 1. The highest BCUT2D eigenvalue weighted by Crippen LogP contribution is 2.29. The number of nitrogens with zero attached hydrogens (tertiary/aromatic N) is 3. The van der Waals surface area contributed by atoms with Crippen molar-refractivity contribution < 1.29 is 14.6 Å². The van der Waals surface area contributed by atoms with Crippen LogP contribution in [0.1, 0.15) is 24.0 Å². The quantitative estimate of drug-likeness (QED) is 0.459. The van der Waals surface area contributed by atoms with E-state index >= 15 is 0 Å². The van der Waals surface area contributed by atoms with Crippen LogP contribution in [0.15, 0.2) is 54.9 Å². The maximum absolute atomic E-state index is 11.0. The molecule has 0 atom stereocenters. The minimum absolute atomic E-state index is 0.251. The van der Waals surface area contributed by atoms with Crippen molar-refractivity contribution in [1.29, 1.82) is 0 Å². The number of ether oxygens (including phenoxy) is 2. The fourth-order valence-electron chi connectivity index (χ4n) is 3.87. The van der Waals surface area contributed by atoms with Crippen molar-refractivity contribution in [3.05, 3.63) is 76.0 Å². The lowest BCUT2D eigenvalue weighted by Gasteiger charge is -2.38. The number of aromatic nitrogens is 2. The van der Waals surface area contributed by atoms with Crippen LogP contribution in [0.4, 0.5) is 0 Å². The fraction of sp³-hybridized carbons (Fsp3) is 0.400. The molecule has 1 aliphatic heterocycles. The zero-order valence-electron chi connectivity index (χ0n) is 18.7. The second-order valence-electron chi connectivity index (χ2n) is 8.64. The van der Waals surface area contributed by atoms with E-state index in [1.807, 2.05) is 37.3 Å². The first kappa shape index (κ1) is 23.9. The summed E-state index contributed by atoms with van der Waals surface area (Å²) in [5, 5.41) is 16.3. The Labute approximate surface area is 204 Å². The first-order chi connectivity index (χ1) is 15.9. The molecule has 1 saturated heterocycles. The molecule has 0 amide bonds. The van der Waals surface area contributed by atoms with E-state index in [-0.39, 0.29) is 6.61 Å². The van der Waals surface area contributed by atoms with Crippen molar-refractivity contribution >= 4 is 23.2 Å². The summed E-state index contributed by atoms with van der Waals surface area (Å²) in [6, 6.07) is 13.8. The van der Waals surface area contributed by atoms with E-state index in [2.05, 4.69) is 22.1 Å². The van der Waals surface area contributed by atoms with Gasteiger partial charge in [0.2, 0.25) is 0 Å². The third kappa shape index (κ3) is 6.87. The van der Waals surface area contributed by atoms with Gasteiger partial charge in [-0.2, -0.15) is 5.10 Å². The normalized spacial score (nSPS) is 16.0. The Morgan fingerprint density at radius 3 is 2.52 bits per heavy atom. The minimum atomic E-state index is -0.833. The van der Waals surface area contributed by atoms with Gasteiger partial charge in [0.1, 0.15) is 30.3 Å². The van der Waals surface area contributed by atoms with Crippen LogP contribution in [0, 0.1) is 6.92 Å². The molecule has 0 bridgehead atoms. The van der Waals surface area contributed by atoms with Gasteiger partial charge in [0, 0.05) is 25.8 Å². The summed E-state index contributed by atoms with van der Waals surface area (Å²) in [6.07, 6.45) is 4.71. The second-order valence-corrected chi connectivity index (χ2v) is 9.48. The van der Waals surface area contributed by atoms with Crippen molar-refractivity contribution in [2.75, 3.05) is 26.3 Å². The van der Waals surface area contributed by atoms with Crippen molar-refractivity contribution in [2.24, 2.45) is 0 Å². The van der Waals surface area contributed by atoms with E-state index in [0.717, 1.165) is 30.9 Å². The molecule has 8 heteroatoms. The number of hydrogen-bond donors (Lipinski definition) is 1. The molecule has 1 fully saturated rings. The molecule has 33 heavy (non-hydrogen) atoms. The van der Waals surface area contributed by atoms with Crippen LogP contribution in [0.3, 0.4) is 0 Å². The molecule has 6 nitrogen and oxygen atoms in total. The Kier molecular flexibility index (Phi) is 7.81. The van der Waals surface area contributed by atoms with Gasteiger partial charge in [-0.15, -0.1) is 0 Å². The lowest BCUT2D eigenvalue weighted by Crippen LogP contribution is -2.47. The summed E-state index contributed by atoms with van der Waals surface area (Å²) in [5.74, 6) is 1.46. The van der Waals surface area contributed by atoms with Crippen molar-refractivity contribution in [1.82, 2.24) is 14.7 Å². The maximum Gasteiger partial charge on any atom is 0.138 e. The lowest BCUT2D eigenvalue weighted by atomic mass is 9.92. The first-order valence-electron chi connectivity index (χ1n) is 11.1. The van der Waals surface area contributed by atoms with Crippen molar-refractivity contribution in [3.8, 4) is 11.5 Å². The number of rotatable bonds is 9. The molecule has 0 spiro atoms. The zero-order valence-corrected chi connectivity index (χ0v) is 20.2. The van der Waals surface area contributed by atoms with Crippen LogP contribution in [0.5, 0.6) is 11.5 Å². The highest BCUT2D eigenvalue weighted by atomic mass is 35.5. The van der Waals surface area contributed by atoms with E-state index in [1.165, 1.54) is 5.56 Å². The Morgan fingerprint density at radius 1 is 1.06 bits per heavy atom. The van der Waals surface area contributed by atoms with Crippen molar-refractivity contribution in [2.45, 2.75) is 38.5 Å². The van der Waals surface area contributed by atoms with Crippen LogP contribution < -0.4 is 9.47 Å². The molecule has 4 rings (SSSR count). The molecule has 2 aromatic carbocycles. The summed E-state index contributed by atoms with van der Waals surface area (Å²) < 4.78 is 13.4. The van der Waals surface area contributed by atoms with E-state index in [9.17, 15) is 5.11 Å². The Hall–Kier alpha value is -2.25. The molecule has 176 valence electrons. The predicted octanol–water partition coefficient (Wildman–Crippen LogP) is 4.98. The third-order valence-electron chi connectivity index (χ3n) is 5.89. The molecular weight excluding hydrogens is 461 g/mol. The van der Waals surface area contributed by atoms with Gasteiger partial charge >= 0.3 is 0 Å². The summed E-state index contributed by atoms with van der Waals surface area (Å²) in [5.41, 5.74) is 1.46. The SMILES string of the molecule is Cc1ccc(Cl)c(OCC2(O)CCN(Cc3ccc(OCCn4cc(Cl)cn4)cc3)CC2)c1. The Morgan fingerprint density at radius 2 is 1.82 bits per heavy atom. The topological polar surface area (TPSA) is 59.8 Å². The highest BCUT2D eigenvalue weighted by molar-refractivity contribution is 6.32. The zero-order chi connectivity index (χ0) is 23.3. The van der Waals surface area contributed by atoms with Crippen LogP contribution >= 0.6 is 23.2 Å². The van der Waals surface area contributed by atoms with Crippen LogP contribution in [0.2, 0.25) is 10.0 Å². The largest absolute Gasteiger partial charge is 0.492 e. The molecule has 1 aromatic heterocycles. The van der Waals surface area contributed by atoms with Crippen LogP contribution in [0.25, 0.3) is 0 Å². The smallest absolute Gasteiger partial charge is 0.138 e. The van der Waals surface area contributed by atoms with Gasteiger partial charge < -0.3 is 14.6 Å². The number of benzene rings is 2. The van der Waals surface area contributed by atoms with Gasteiger partial charge in [-0.1, -0.05) is 41.4 Å². The molecule has 3 aromatic rings. The van der Waals surface area contributed by atoms with Crippen LogP contribution in [-0.4, -0.2) is 51.7 Å². The summed E-state index contributed by atoms with van der Waals surface area (Å²) >= 11 is 12.1. The lowest BCUT2D eigenvalue weighted by molar-refractivity contribution is -0.0537. The average molecular weight is 490 g/mol. The van der Waals surface area contributed by atoms with Gasteiger partial charge in [0.25, 0.3) is 0 Å². The van der Waals surface area contributed by atoms with Crippen molar-refractivity contribution in [3.63, 3.8) is 0 Å². The van der Waals surface area contributed by atoms with E-state index in [0.29, 0.717) is 41.8 Å². The fourth-order valence-corrected chi connectivity index (χ4v) is 4.20. The van der Waals surface area contributed by atoms with E-state index < -0.39 is 5.60 Å². The summed E-state index contributed by atoms with van der Waals surface area (Å²) in [4.78, 5) is 2.35. The summed E-state index contributed by atoms with van der Waals surface area (Å²) in [6.45, 7) is 5.88. The van der Waals surface area contributed by atoms with Gasteiger partial charge in [0.15, 0.2) is 0 Å². The second kappa shape index (κ2) is 10.8. The Balaban J connectivity index is 1.20. The standard InChI is InChI=1S/C25H29Cl2N3O3/c1-19-2-7-23(27)24(14-19)33-18-25(31)8-10-29(11-9-25)16-20-3-5-22(6-4-20)32-13-12-30-17-21(26)15-28-30/h2-7,14-15,17,31H,8-13,16,18H2,1H3. The molecule has 1 aliphatic rings. The van der Waals surface area contributed by atoms with Gasteiger partial charge in [-0.05, 0) is 55.2 Å². The number of halogens is 2. The average Bonchev–Trinajstić information content (AvgIpc) is 3.22. The van der Waals surface area contributed by atoms with Gasteiger partial charge in [0.05, 0.1) is 22.8 Å². The summed E-state index contributed by atoms with van der Waals surface area (Å²) in [7, 11) is 0. The Bertz CT molecular complexity index is 1050. The highest BCUT2D eigenvalue weighted by Gasteiger charge is 2.33. The maximum atomic E-state index is 11.0. The molecule has 0 unspecified atom stereocenters. The predicted molar refractivity (Wildman–Crippen MR) is 130 cm³/mol. The molecule has 0 saturated carbocycles. The van der Waals surface area contributed by atoms with E-state index in [1.54, 1.807) is 17.1 Å². The number of aliphatic hydroxyl groups is 1. The molecular formula is C25H29Cl2N3O3. The number of hydrogen-bond acceptors (Lipinski definition) is 5. The van der Waals surface area contributed by atoms with Crippen LogP contribution in [-0.2, 0) is 13.1 Å². The molecule has 1 N–H and O–H groups in total. The van der Waals surface area contributed by atoms with Gasteiger partial charge in [-0.25, -0.2) is 0 Å².